The van der Waals surface area contributed by atoms with Crippen LogP contribution in [-0.2, 0) is 6.42 Å². The van der Waals surface area contributed by atoms with E-state index in [2.05, 4.69) is 23.7 Å². The van der Waals surface area contributed by atoms with Crippen molar-refractivity contribution < 1.29 is 13.2 Å². The van der Waals surface area contributed by atoms with Crippen LogP contribution in [0.1, 0.15) is 46.7 Å². The molecule has 0 unspecified atom stereocenters. The highest BCUT2D eigenvalue weighted by Gasteiger charge is 2.09. The quantitative estimate of drug-likeness (QED) is 0.320. The van der Waals surface area contributed by atoms with Gasteiger partial charge in [-0.15, -0.1) is 11.8 Å². The minimum atomic E-state index is -0.644. The maximum Gasteiger partial charge on any atom is 0.142 e. The van der Waals surface area contributed by atoms with Gasteiger partial charge in [0.2, 0.25) is 0 Å². The van der Waals surface area contributed by atoms with Gasteiger partial charge in [-0.05, 0) is 79.3 Å². The van der Waals surface area contributed by atoms with Gasteiger partial charge in [-0.25, -0.2) is 13.2 Å². The first-order valence-electron chi connectivity index (χ1n) is 9.87. The van der Waals surface area contributed by atoms with Crippen LogP contribution in [-0.4, -0.2) is 6.26 Å². The Morgan fingerprint density at radius 2 is 1.42 bits per heavy atom. The lowest BCUT2D eigenvalue weighted by Crippen LogP contribution is -1.95. The fourth-order valence-corrected chi connectivity index (χ4v) is 3.54. The Hall–Kier alpha value is -3.08. The van der Waals surface area contributed by atoms with Crippen LogP contribution in [0.15, 0.2) is 53.4 Å². The Balaban J connectivity index is 1.83. The molecule has 0 saturated carbocycles. The highest BCUT2D eigenvalue weighted by Crippen LogP contribution is 2.20. The minimum absolute atomic E-state index is 0.225. The van der Waals surface area contributed by atoms with E-state index in [-0.39, 0.29) is 11.4 Å². The van der Waals surface area contributed by atoms with Gasteiger partial charge in [-0.2, -0.15) is 0 Å². The summed E-state index contributed by atoms with van der Waals surface area (Å²) in [4.78, 5) is 0.581. The molecule has 0 spiro atoms. The fourth-order valence-electron chi connectivity index (χ4n) is 3.08. The van der Waals surface area contributed by atoms with Crippen LogP contribution in [0.3, 0.4) is 0 Å². The Bertz CT molecular complexity index is 1210. The molecule has 0 N–H and O–H groups in total. The van der Waals surface area contributed by atoms with Gasteiger partial charge in [-0.1, -0.05) is 37.0 Å². The molecular weight excluding hydrogens is 413 g/mol. The second-order valence-corrected chi connectivity index (χ2v) is 7.91. The van der Waals surface area contributed by atoms with Crippen LogP contribution < -0.4 is 0 Å². The van der Waals surface area contributed by atoms with Gasteiger partial charge in [0.25, 0.3) is 0 Å². The molecule has 0 aliphatic heterocycles. The van der Waals surface area contributed by atoms with Gasteiger partial charge in [0.1, 0.15) is 17.5 Å². The molecule has 0 amide bonds. The van der Waals surface area contributed by atoms with E-state index >= 15 is 0 Å². The molecule has 0 bridgehead atoms. The van der Waals surface area contributed by atoms with Crippen molar-refractivity contribution in [1.82, 2.24) is 0 Å². The number of rotatable bonds is 3. The van der Waals surface area contributed by atoms with E-state index in [1.54, 1.807) is 24.3 Å². The average Bonchev–Trinajstić information content (AvgIpc) is 2.73. The zero-order valence-corrected chi connectivity index (χ0v) is 18.4. The molecule has 0 aromatic heterocycles. The molecule has 0 atom stereocenters. The van der Waals surface area contributed by atoms with Crippen LogP contribution in [0.5, 0.6) is 0 Å². The predicted octanol–water partition coefficient (Wildman–Crippen LogP) is 6.89. The molecule has 0 heterocycles. The second kappa shape index (κ2) is 10.3. The molecule has 3 rings (SSSR count). The summed E-state index contributed by atoms with van der Waals surface area (Å²) in [7, 11) is 0. The highest BCUT2D eigenvalue weighted by molar-refractivity contribution is 7.98. The summed E-state index contributed by atoms with van der Waals surface area (Å²) in [5.74, 6) is 9.87. The fraction of sp³-hybridized carbons (Fsp3) is 0.185. The second-order valence-electron chi connectivity index (χ2n) is 7.06. The van der Waals surface area contributed by atoms with Gasteiger partial charge in [0.15, 0.2) is 0 Å². The van der Waals surface area contributed by atoms with Crippen LogP contribution in [0.4, 0.5) is 13.2 Å². The predicted molar refractivity (Wildman–Crippen MR) is 122 cm³/mol. The van der Waals surface area contributed by atoms with E-state index in [9.17, 15) is 13.2 Å². The number of thioether (sulfide) groups is 1. The van der Waals surface area contributed by atoms with E-state index in [1.807, 2.05) is 26.2 Å². The van der Waals surface area contributed by atoms with Crippen molar-refractivity contribution in [2.75, 3.05) is 6.26 Å². The maximum atomic E-state index is 14.2. The number of aryl methyl sites for hydroxylation is 2. The summed E-state index contributed by atoms with van der Waals surface area (Å²) in [5, 5.41) is 0. The summed E-state index contributed by atoms with van der Waals surface area (Å²) >= 11 is 1.35. The third kappa shape index (κ3) is 5.75. The lowest BCUT2D eigenvalue weighted by molar-refractivity contribution is 0.573. The Morgan fingerprint density at radius 3 is 2.03 bits per heavy atom. The van der Waals surface area contributed by atoms with E-state index < -0.39 is 11.6 Å². The zero-order chi connectivity index (χ0) is 22.4. The Morgan fingerprint density at radius 1 is 0.774 bits per heavy atom. The van der Waals surface area contributed by atoms with Crippen LogP contribution in [0.2, 0.25) is 0 Å². The van der Waals surface area contributed by atoms with E-state index in [0.29, 0.717) is 28.0 Å². The highest BCUT2D eigenvalue weighted by atomic mass is 32.2. The summed E-state index contributed by atoms with van der Waals surface area (Å²) in [6, 6.07) is 13.0. The van der Waals surface area contributed by atoms with E-state index in [0.717, 1.165) is 17.5 Å². The van der Waals surface area contributed by atoms with Crippen molar-refractivity contribution in [3.05, 3.63) is 99.4 Å². The van der Waals surface area contributed by atoms with Crippen molar-refractivity contribution in [1.29, 1.82) is 0 Å². The van der Waals surface area contributed by atoms with Crippen molar-refractivity contribution in [3.63, 3.8) is 0 Å². The van der Waals surface area contributed by atoms with Gasteiger partial charge in [0, 0.05) is 21.6 Å². The molecular formula is C27H21F3S. The van der Waals surface area contributed by atoms with Gasteiger partial charge in [-0.3, -0.25) is 0 Å². The van der Waals surface area contributed by atoms with E-state index in [1.165, 1.54) is 30.0 Å². The first kappa shape index (κ1) is 22.6. The van der Waals surface area contributed by atoms with Crippen LogP contribution >= 0.6 is 11.8 Å². The van der Waals surface area contributed by atoms with Gasteiger partial charge >= 0.3 is 0 Å². The topological polar surface area (TPSA) is 0 Å². The lowest BCUT2D eigenvalue weighted by atomic mass is 10.0. The summed E-state index contributed by atoms with van der Waals surface area (Å²) in [6.07, 6.45) is 3.26. The number of benzene rings is 3. The third-order valence-corrected chi connectivity index (χ3v) is 5.46. The Kier molecular flexibility index (Phi) is 7.50. The molecule has 0 saturated heterocycles. The Labute approximate surface area is 185 Å². The molecule has 31 heavy (non-hydrogen) atoms. The molecule has 0 radical (unpaired) electrons. The standard InChI is InChI=1S/C27H21F3S/c1-4-5-21-16-24(28)23(25(29)17-21)12-8-19-6-10-22(18(2)14-19)11-7-20-9-13-27(31-3)26(30)15-20/h6,9-10,13-17H,4-5H2,1-3H3. The lowest BCUT2D eigenvalue weighted by Gasteiger charge is -2.03. The molecule has 3 aromatic carbocycles. The largest absolute Gasteiger partial charge is 0.206 e. The smallest absolute Gasteiger partial charge is 0.142 e. The molecule has 156 valence electrons. The van der Waals surface area contributed by atoms with Crippen LogP contribution in [0, 0.1) is 48.1 Å². The van der Waals surface area contributed by atoms with Crippen molar-refractivity contribution in [2.24, 2.45) is 0 Å². The molecule has 0 nitrogen and oxygen atoms in total. The SMILES string of the molecule is CCCc1cc(F)c(C#Cc2ccc(C#Cc3ccc(SC)c(F)c3)c(C)c2)c(F)c1. The first-order valence-corrected chi connectivity index (χ1v) is 11.1. The summed E-state index contributed by atoms with van der Waals surface area (Å²) in [6.45, 7) is 3.84. The van der Waals surface area contributed by atoms with Crippen molar-refractivity contribution in [2.45, 2.75) is 31.6 Å². The molecule has 4 heteroatoms. The van der Waals surface area contributed by atoms with Crippen molar-refractivity contribution >= 4 is 11.8 Å². The molecule has 0 aliphatic rings. The molecule has 0 fully saturated rings. The zero-order valence-electron chi connectivity index (χ0n) is 17.6. The van der Waals surface area contributed by atoms with Gasteiger partial charge < -0.3 is 0 Å². The minimum Gasteiger partial charge on any atom is -0.206 e. The first-order chi connectivity index (χ1) is 14.9. The normalized spacial score (nSPS) is 10.1. The molecule has 3 aromatic rings. The summed E-state index contributed by atoms with van der Waals surface area (Å²) in [5.41, 5.74) is 3.29. The summed E-state index contributed by atoms with van der Waals surface area (Å²) < 4.78 is 42.4. The molecule has 0 aliphatic carbocycles. The number of hydrogen-bond acceptors (Lipinski definition) is 1. The van der Waals surface area contributed by atoms with E-state index in [4.69, 9.17) is 0 Å². The number of hydrogen-bond donors (Lipinski definition) is 0. The van der Waals surface area contributed by atoms with Crippen molar-refractivity contribution in [3.8, 4) is 23.7 Å². The third-order valence-electron chi connectivity index (χ3n) is 4.69. The monoisotopic (exact) mass is 434 g/mol. The maximum absolute atomic E-state index is 14.2. The number of halogens is 3. The average molecular weight is 435 g/mol. The van der Waals surface area contributed by atoms with Gasteiger partial charge in [0.05, 0.1) is 5.56 Å². The van der Waals surface area contributed by atoms with Crippen LogP contribution in [0.25, 0.3) is 0 Å².